The second-order valence-corrected chi connectivity index (χ2v) is 10.4. The minimum Gasteiger partial charge on any atom is -0.379 e. The molecule has 2 fully saturated rings. The van der Waals surface area contributed by atoms with Crippen LogP contribution in [-0.2, 0) is 4.74 Å². The number of ether oxygens (including phenoxy) is 1. The first-order chi connectivity index (χ1) is 18.1. The van der Waals surface area contributed by atoms with Crippen molar-refractivity contribution in [2.45, 2.75) is 24.9 Å². The Morgan fingerprint density at radius 2 is 1.92 bits per heavy atom. The molecule has 3 amide bonds. The highest BCUT2D eigenvalue weighted by Crippen LogP contribution is 2.49. The van der Waals surface area contributed by atoms with Crippen molar-refractivity contribution in [3.63, 3.8) is 0 Å². The lowest BCUT2D eigenvalue weighted by Gasteiger charge is -2.27. The summed E-state index contributed by atoms with van der Waals surface area (Å²) in [6.45, 7) is 4.08. The van der Waals surface area contributed by atoms with Crippen LogP contribution in [0.3, 0.4) is 0 Å². The lowest BCUT2D eigenvalue weighted by molar-refractivity contribution is 0.0207. The van der Waals surface area contributed by atoms with Crippen LogP contribution in [0, 0.1) is 0 Å². The van der Waals surface area contributed by atoms with E-state index in [9.17, 15) is 14.4 Å². The molecular weight excluding hydrogens is 494 g/mol. The Bertz CT molecular complexity index is 1310. The molecule has 11 nitrogen and oxygen atoms in total. The standard InChI is InChI=1S/C25H27N7O4S/c33-23-19-15(2-1-3-16(19)28-25(35)31-32-10-12-36-13-11-32)21-20(23)22(30-29-21)17-4-5-18(37-17)24(34)27-14-6-8-26-9-7-14/h1-5,14,21,26H,6-13H2,(H,27,34)(H2,28,31,35). The number of fused-ring (bicyclic) bond motifs is 3. The van der Waals surface area contributed by atoms with E-state index in [1.807, 2.05) is 12.1 Å². The number of nitrogens with one attached hydrogen (secondary N) is 4. The maximum absolute atomic E-state index is 13.6. The number of thiophene rings is 1. The van der Waals surface area contributed by atoms with Crippen LogP contribution in [-0.4, -0.2) is 68.2 Å². The maximum atomic E-state index is 13.6. The van der Waals surface area contributed by atoms with Gasteiger partial charge in [-0.2, -0.15) is 10.2 Å². The molecule has 37 heavy (non-hydrogen) atoms. The SMILES string of the molecule is O=C(Nc1cccc2c1C(=O)C1=C(c3ccc(C(=O)NC4CCNCC4)s3)N=NC12)NN1CCOCC1. The van der Waals surface area contributed by atoms with Crippen LogP contribution < -0.4 is 21.4 Å². The molecule has 1 aromatic heterocycles. The number of azo groups is 1. The van der Waals surface area contributed by atoms with E-state index in [0.29, 0.717) is 59.3 Å². The number of nitrogens with zero attached hydrogens (tertiary/aromatic N) is 3. The summed E-state index contributed by atoms with van der Waals surface area (Å²) in [5.41, 5.74) is 5.33. The number of Topliss-reactive ketones (excluding diaryl/α,β-unsaturated/α-hetero) is 1. The van der Waals surface area contributed by atoms with E-state index in [1.165, 1.54) is 11.3 Å². The second-order valence-electron chi connectivity index (χ2n) is 9.31. The van der Waals surface area contributed by atoms with Crippen LogP contribution in [0.1, 0.15) is 49.4 Å². The molecule has 2 aromatic rings. The molecule has 4 N–H and O–H groups in total. The Kier molecular flexibility index (Phi) is 6.55. The summed E-state index contributed by atoms with van der Waals surface area (Å²) in [6, 6.07) is 8.15. The second kappa shape index (κ2) is 10.1. The first kappa shape index (κ1) is 23.9. The molecule has 3 aliphatic heterocycles. The topological polar surface area (TPSA) is 137 Å². The van der Waals surface area contributed by atoms with Crippen molar-refractivity contribution in [1.29, 1.82) is 0 Å². The minimum absolute atomic E-state index is 0.112. The van der Waals surface area contributed by atoms with Crippen LogP contribution in [0.5, 0.6) is 0 Å². The summed E-state index contributed by atoms with van der Waals surface area (Å²) in [5.74, 6) is -0.324. The van der Waals surface area contributed by atoms with Crippen LogP contribution in [0.15, 0.2) is 46.1 Å². The molecule has 0 radical (unpaired) electrons. The van der Waals surface area contributed by atoms with Gasteiger partial charge in [0, 0.05) is 19.1 Å². The summed E-state index contributed by atoms with van der Waals surface area (Å²) >= 11 is 1.30. The third-order valence-electron chi connectivity index (χ3n) is 6.92. The summed E-state index contributed by atoms with van der Waals surface area (Å²) in [5, 5.41) is 19.7. The Labute approximate surface area is 217 Å². The predicted molar refractivity (Wildman–Crippen MR) is 138 cm³/mol. The number of hydrazine groups is 1. The molecule has 1 aromatic carbocycles. The van der Waals surface area contributed by atoms with E-state index in [0.717, 1.165) is 30.8 Å². The highest BCUT2D eigenvalue weighted by Gasteiger charge is 2.42. The van der Waals surface area contributed by atoms with E-state index in [-0.39, 0.29) is 17.7 Å². The van der Waals surface area contributed by atoms with Crippen LogP contribution in [0.4, 0.5) is 10.5 Å². The van der Waals surface area contributed by atoms with E-state index in [2.05, 4.69) is 31.6 Å². The highest BCUT2D eigenvalue weighted by atomic mass is 32.1. The van der Waals surface area contributed by atoms with Gasteiger partial charge in [-0.05, 0) is 49.7 Å². The van der Waals surface area contributed by atoms with E-state index >= 15 is 0 Å². The van der Waals surface area contributed by atoms with Gasteiger partial charge in [-0.25, -0.2) is 9.80 Å². The summed E-state index contributed by atoms with van der Waals surface area (Å²) in [4.78, 5) is 40.3. The van der Waals surface area contributed by atoms with Gasteiger partial charge < -0.3 is 20.7 Å². The zero-order valence-electron chi connectivity index (χ0n) is 20.1. The van der Waals surface area contributed by atoms with Gasteiger partial charge >= 0.3 is 6.03 Å². The largest absolute Gasteiger partial charge is 0.379 e. The van der Waals surface area contributed by atoms with Crippen molar-refractivity contribution in [3.8, 4) is 0 Å². The zero-order chi connectivity index (χ0) is 25.4. The molecular formula is C25H27N7O4S. The van der Waals surface area contributed by atoms with Gasteiger partial charge in [0.2, 0.25) is 0 Å². The fourth-order valence-corrected chi connectivity index (χ4v) is 5.97. The third-order valence-corrected chi connectivity index (χ3v) is 8.01. The number of amides is 3. The van der Waals surface area contributed by atoms with Crippen LogP contribution >= 0.6 is 11.3 Å². The van der Waals surface area contributed by atoms with E-state index in [1.54, 1.807) is 23.2 Å². The molecule has 4 heterocycles. The third kappa shape index (κ3) is 4.68. The maximum Gasteiger partial charge on any atom is 0.333 e. The van der Waals surface area contributed by atoms with Gasteiger partial charge in [-0.3, -0.25) is 15.0 Å². The number of benzene rings is 1. The molecule has 0 spiro atoms. The molecule has 4 aliphatic rings. The van der Waals surface area contributed by atoms with Gasteiger partial charge in [-0.15, -0.1) is 11.3 Å². The first-order valence-electron chi connectivity index (χ1n) is 12.4. The molecule has 0 saturated carbocycles. The smallest absolute Gasteiger partial charge is 0.333 e. The number of rotatable bonds is 5. The number of ketones is 1. The highest BCUT2D eigenvalue weighted by molar-refractivity contribution is 7.15. The number of hydrogen-bond acceptors (Lipinski definition) is 9. The molecule has 1 unspecified atom stereocenters. The van der Waals surface area contributed by atoms with Crippen molar-refractivity contribution < 1.29 is 19.1 Å². The summed E-state index contributed by atoms with van der Waals surface area (Å²) in [7, 11) is 0. The van der Waals surface area contributed by atoms with Crippen LogP contribution in [0.2, 0.25) is 0 Å². The first-order valence-corrected chi connectivity index (χ1v) is 13.2. The Hall–Kier alpha value is -3.45. The number of carbonyl (C=O) groups excluding carboxylic acids is 3. The van der Waals surface area contributed by atoms with Gasteiger partial charge in [0.15, 0.2) is 5.78 Å². The number of piperidine rings is 1. The molecule has 1 aliphatic carbocycles. The van der Waals surface area contributed by atoms with Crippen molar-refractivity contribution >= 4 is 40.4 Å². The zero-order valence-corrected chi connectivity index (χ0v) is 20.9. The fourth-order valence-electron chi connectivity index (χ4n) is 5.06. The summed E-state index contributed by atoms with van der Waals surface area (Å²) in [6.07, 6.45) is 1.81. The van der Waals surface area contributed by atoms with Crippen LogP contribution in [0.25, 0.3) is 5.70 Å². The molecule has 0 bridgehead atoms. The van der Waals surface area contributed by atoms with Crippen molar-refractivity contribution in [3.05, 3.63) is 56.8 Å². The molecule has 2 saturated heterocycles. The monoisotopic (exact) mass is 521 g/mol. The predicted octanol–water partition coefficient (Wildman–Crippen LogP) is 2.71. The Morgan fingerprint density at radius 3 is 2.73 bits per heavy atom. The Balaban J connectivity index is 1.21. The van der Waals surface area contributed by atoms with Gasteiger partial charge in [0.25, 0.3) is 5.91 Å². The number of urea groups is 1. The quantitative estimate of drug-likeness (QED) is 0.478. The average molecular weight is 522 g/mol. The summed E-state index contributed by atoms with van der Waals surface area (Å²) < 4.78 is 5.31. The lowest BCUT2D eigenvalue weighted by atomic mass is 10.1. The van der Waals surface area contributed by atoms with E-state index < -0.39 is 12.1 Å². The van der Waals surface area contributed by atoms with Gasteiger partial charge in [-0.1, -0.05) is 12.1 Å². The molecule has 12 heteroatoms. The number of morpholine rings is 1. The van der Waals surface area contributed by atoms with Crippen molar-refractivity contribution in [1.82, 2.24) is 21.1 Å². The minimum atomic E-state index is -0.518. The van der Waals surface area contributed by atoms with Gasteiger partial charge in [0.1, 0.15) is 11.7 Å². The van der Waals surface area contributed by atoms with Crippen molar-refractivity contribution in [2.24, 2.45) is 10.2 Å². The van der Waals surface area contributed by atoms with Crippen molar-refractivity contribution in [2.75, 3.05) is 44.7 Å². The number of carbonyl (C=O) groups is 3. The van der Waals surface area contributed by atoms with E-state index in [4.69, 9.17) is 4.74 Å². The Morgan fingerprint density at radius 1 is 1.11 bits per heavy atom. The number of anilines is 1. The normalized spacial score (nSPS) is 21.6. The molecule has 192 valence electrons. The number of hydrogen-bond donors (Lipinski definition) is 4. The molecule has 6 rings (SSSR count). The fraction of sp³-hybridized carbons (Fsp3) is 0.400. The van der Waals surface area contributed by atoms with Gasteiger partial charge in [0.05, 0.1) is 39.8 Å². The average Bonchev–Trinajstić information content (AvgIpc) is 3.62. The lowest BCUT2D eigenvalue weighted by Crippen LogP contribution is -2.49. The molecule has 1 atom stereocenters.